The van der Waals surface area contributed by atoms with Crippen LogP contribution in [0.4, 0.5) is 4.39 Å². The number of amides is 2. The van der Waals surface area contributed by atoms with Crippen molar-refractivity contribution in [2.45, 2.75) is 70.8 Å². The van der Waals surface area contributed by atoms with E-state index in [1.54, 1.807) is 10.9 Å². The molecular weight excluding hydrogens is 335 g/mol. The highest BCUT2D eigenvalue weighted by atomic mass is 19.1. The molecule has 6 nitrogen and oxygen atoms in total. The summed E-state index contributed by atoms with van der Waals surface area (Å²) in [5.74, 6) is 0.236. The van der Waals surface area contributed by atoms with Crippen molar-refractivity contribution in [3.63, 3.8) is 0 Å². The Kier molecular flexibility index (Phi) is 5.94. The quantitative estimate of drug-likeness (QED) is 0.806. The van der Waals surface area contributed by atoms with E-state index < -0.39 is 6.17 Å². The molecule has 2 unspecified atom stereocenters. The standard InChI is InChI=1S/C19H29FN4O2/c1-13(12-23-7-3-6-22-23)19(26)21-11-15-9-16-4-5-17(10-15)24(16)18(25)8-14(2)20/h3,6-7,13-17H,4-5,8-12H2,1-2H3,(H,21,26)/t13?,14-,15?,16-,17+/m0/s1. The van der Waals surface area contributed by atoms with E-state index >= 15 is 0 Å². The molecule has 0 aromatic carbocycles. The van der Waals surface area contributed by atoms with Gasteiger partial charge < -0.3 is 10.2 Å². The lowest BCUT2D eigenvalue weighted by Gasteiger charge is -2.39. The van der Waals surface area contributed by atoms with E-state index in [1.165, 1.54) is 6.92 Å². The van der Waals surface area contributed by atoms with E-state index in [-0.39, 0.29) is 36.2 Å². The van der Waals surface area contributed by atoms with Crippen LogP contribution in [-0.4, -0.2) is 51.3 Å². The van der Waals surface area contributed by atoms with Gasteiger partial charge in [-0.15, -0.1) is 0 Å². The molecule has 2 aliphatic rings. The Balaban J connectivity index is 1.46. The molecule has 0 saturated carbocycles. The number of aromatic nitrogens is 2. The van der Waals surface area contributed by atoms with E-state index in [2.05, 4.69) is 10.4 Å². The van der Waals surface area contributed by atoms with Gasteiger partial charge in [0.05, 0.1) is 18.9 Å². The number of nitrogens with one attached hydrogen (secondary N) is 1. The molecule has 2 bridgehead atoms. The number of fused-ring (bicyclic) bond motifs is 2. The number of hydrogen-bond acceptors (Lipinski definition) is 3. The summed E-state index contributed by atoms with van der Waals surface area (Å²) in [5.41, 5.74) is 0. The first-order valence-corrected chi connectivity index (χ1v) is 9.64. The molecule has 3 rings (SSSR count). The second-order valence-electron chi connectivity index (χ2n) is 7.88. The van der Waals surface area contributed by atoms with Crippen LogP contribution in [0.3, 0.4) is 0 Å². The van der Waals surface area contributed by atoms with Crippen LogP contribution in [0, 0.1) is 11.8 Å². The summed E-state index contributed by atoms with van der Waals surface area (Å²) in [6.45, 7) is 4.56. The number of alkyl halides is 1. The number of piperidine rings is 1. The van der Waals surface area contributed by atoms with Crippen LogP contribution in [-0.2, 0) is 16.1 Å². The molecule has 3 heterocycles. The predicted octanol–water partition coefficient (Wildman–Crippen LogP) is 2.15. The van der Waals surface area contributed by atoms with Gasteiger partial charge in [-0.25, -0.2) is 4.39 Å². The summed E-state index contributed by atoms with van der Waals surface area (Å²) in [6.07, 6.45) is 6.25. The number of carbonyl (C=O) groups is 2. The van der Waals surface area contributed by atoms with E-state index in [0.717, 1.165) is 25.7 Å². The van der Waals surface area contributed by atoms with Crippen LogP contribution in [0.2, 0.25) is 0 Å². The van der Waals surface area contributed by atoms with Crippen molar-refractivity contribution in [2.24, 2.45) is 11.8 Å². The molecule has 2 aliphatic heterocycles. The van der Waals surface area contributed by atoms with Gasteiger partial charge in [-0.1, -0.05) is 6.92 Å². The number of hydrogen-bond donors (Lipinski definition) is 1. The normalized spacial score (nSPS) is 27.2. The smallest absolute Gasteiger partial charge is 0.225 e. The Hall–Kier alpha value is -1.92. The third-order valence-electron chi connectivity index (χ3n) is 5.61. The van der Waals surface area contributed by atoms with E-state index in [4.69, 9.17) is 0 Å². The summed E-state index contributed by atoms with van der Waals surface area (Å²) in [5, 5.41) is 7.20. The van der Waals surface area contributed by atoms with Crippen molar-refractivity contribution >= 4 is 11.8 Å². The lowest BCUT2D eigenvalue weighted by Crippen LogP contribution is -2.49. The van der Waals surface area contributed by atoms with Gasteiger partial charge in [0.15, 0.2) is 0 Å². The Bertz CT molecular complexity index is 605. The maximum atomic E-state index is 13.2. The van der Waals surface area contributed by atoms with Gasteiger partial charge in [0.1, 0.15) is 6.17 Å². The molecule has 5 atom stereocenters. The van der Waals surface area contributed by atoms with Crippen molar-refractivity contribution in [3.8, 4) is 0 Å². The third kappa shape index (κ3) is 4.43. The van der Waals surface area contributed by atoms with Gasteiger partial charge in [-0.2, -0.15) is 5.10 Å². The largest absolute Gasteiger partial charge is 0.356 e. The molecule has 1 aromatic heterocycles. The second kappa shape index (κ2) is 8.18. The monoisotopic (exact) mass is 364 g/mol. The Labute approximate surface area is 154 Å². The van der Waals surface area contributed by atoms with Crippen LogP contribution in [0.15, 0.2) is 18.5 Å². The summed E-state index contributed by atoms with van der Waals surface area (Å²) in [6, 6.07) is 2.27. The zero-order valence-corrected chi connectivity index (χ0v) is 15.6. The lowest BCUT2D eigenvalue weighted by molar-refractivity contribution is -0.137. The van der Waals surface area contributed by atoms with E-state index in [0.29, 0.717) is 19.0 Å². The zero-order chi connectivity index (χ0) is 18.7. The highest BCUT2D eigenvalue weighted by molar-refractivity contribution is 5.78. The number of halogens is 1. The maximum Gasteiger partial charge on any atom is 0.225 e. The lowest BCUT2D eigenvalue weighted by atomic mass is 9.90. The molecule has 2 fully saturated rings. The van der Waals surface area contributed by atoms with Gasteiger partial charge in [-0.3, -0.25) is 14.3 Å². The fourth-order valence-corrected chi connectivity index (χ4v) is 4.40. The molecule has 144 valence electrons. The van der Waals surface area contributed by atoms with Gasteiger partial charge in [0.2, 0.25) is 11.8 Å². The topological polar surface area (TPSA) is 67.2 Å². The average molecular weight is 364 g/mol. The van der Waals surface area contributed by atoms with Crippen LogP contribution in [0.1, 0.15) is 46.0 Å². The van der Waals surface area contributed by atoms with Gasteiger partial charge in [0.25, 0.3) is 0 Å². The minimum Gasteiger partial charge on any atom is -0.356 e. The third-order valence-corrected chi connectivity index (χ3v) is 5.61. The first-order valence-electron chi connectivity index (χ1n) is 9.64. The molecule has 0 aliphatic carbocycles. The van der Waals surface area contributed by atoms with E-state index in [9.17, 15) is 14.0 Å². The summed E-state index contributed by atoms with van der Waals surface area (Å²) in [4.78, 5) is 26.5. The minimum atomic E-state index is -1.09. The predicted molar refractivity (Wildman–Crippen MR) is 96.0 cm³/mol. The Morgan fingerprint density at radius 1 is 1.27 bits per heavy atom. The van der Waals surface area contributed by atoms with Crippen molar-refractivity contribution in [3.05, 3.63) is 18.5 Å². The Morgan fingerprint density at radius 2 is 1.96 bits per heavy atom. The molecule has 1 N–H and O–H groups in total. The molecule has 7 heteroatoms. The zero-order valence-electron chi connectivity index (χ0n) is 15.6. The highest BCUT2D eigenvalue weighted by Crippen LogP contribution is 2.39. The first-order chi connectivity index (χ1) is 12.4. The fourth-order valence-electron chi connectivity index (χ4n) is 4.40. The molecule has 2 saturated heterocycles. The van der Waals surface area contributed by atoms with Crippen molar-refractivity contribution in [2.75, 3.05) is 6.54 Å². The van der Waals surface area contributed by atoms with Crippen molar-refractivity contribution in [1.29, 1.82) is 0 Å². The maximum absolute atomic E-state index is 13.2. The molecular formula is C19H29FN4O2. The van der Waals surface area contributed by atoms with Gasteiger partial charge in [0, 0.05) is 31.0 Å². The number of nitrogens with zero attached hydrogens (tertiary/aromatic N) is 3. The molecule has 26 heavy (non-hydrogen) atoms. The fraction of sp³-hybridized carbons (Fsp3) is 0.737. The average Bonchev–Trinajstić information content (AvgIpc) is 3.18. The summed E-state index contributed by atoms with van der Waals surface area (Å²) >= 11 is 0. The number of rotatable bonds is 7. The summed E-state index contributed by atoms with van der Waals surface area (Å²) < 4.78 is 14.9. The second-order valence-corrected chi connectivity index (χ2v) is 7.88. The van der Waals surface area contributed by atoms with Crippen LogP contribution in [0.5, 0.6) is 0 Å². The molecule has 1 aromatic rings. The van der Waals surface area contributed by atoms with Crippen LogP contribution in [0.25, 0.3) is 0 Å². The van der Waals surface area contributed by atoms with Crippen LogP contribution >= 0.6 is 0 Å². The summed E-state index contributed by atoms with van der Waals surface area (Å²) in [7, 11) is 0. The molecule has 0 radical (unpaired) electrons. The van der Waals surface area contributed by atoms with Crippen LogP contribution < -0.4 is 5.32 Å². The molecule has 0 spiro atoms. The van der Waals surface area contributed by atoms with Gasteiger partial charge >= 0.3 is 0 Å². The number of carbonyl (C=O) groups excluding carboxylic acids is 2. The highest BCUT2D eigenvalue weighted by Gasteiger charge is 2.43. The van der Waals surface area contributed by atoms with Gasteiger partial charge in [-0.05, 0) is 44.6 Å². The SMILES string of the molecule is CC(Cn1cccn1)C(=O)NCC1C[C@H]2CC[C@@H](C1)N2C(=O)C[C@H](C)F. The van der Waals surface area contributed by atoms with E-state index in [1.807, 2.05) is 24.1 Å². The molecule has 2 amide bonds. The van der Waals surface area contributed by atoms with Crippen molar-refractivity contribution < 1.29 is 14.0 Å². The van der Waals surface area contributed by atoms with Crippen molar-refractivity contribution in [1.82, 2.24) is 20.0 Å². The first kappa shape index (κ1) is 18.9. The Morgan fingerprint density at radius 3 is 2.54 bits per heavy atom. The minimum absolute atomic E-state index is 0.0145.